The summed E-state index contributed by atoms with van der Waals surface area (Å²) in [5.41, 5.74) is 1.10. The number of likely N-dealkylation sites (N-methyl/N-ethyl adjacent to an activating group) is 1. The maximum atomic E-state index is 12.9. The van der Waals surface area contributed by atoms with Crippen LogP contribution in [-0.2, 0) is 17.8 Å². The van der Waals surface area contributed by atoms with Crippen molar-refractivity contribution >= 4 is 22.6 Å². The molecule has 8 nitrogen and oxygen atoms in total. The van der Waals surface area contributed by atoms with E-state index in [9.17, 15) is 4.79 Å². The van der Waals surface area contributed by atoms with Crippen molar-refractivity contribution in [2.45, 2.75) is 26.3 Å². The van der Waals surface area contributed by atoms with Gasteiger partial charge < -0.3 is 23.9 Å². The Morgan fingerprint density at radius 3 is 2.79 bits per heavy atom. The van der Waals surface area contributed by atoms with Crippen LogP contribution < -0.4 is 9.64 Å². The van der Waals surface area contributed by atoms with Crippen LogP contribution in [0.15, 0.2) is 47.1 Å². The molecule has 176 valence electrons. The number of rotatable bonds is 10. The molecular weight excluding hydrogens is 438 g/mol. The summed E-state index contributed by atoms with van der Waals surface area (Å²) in [5, 5.41) is 0.799. The Bertz CT molecular complexity index is 1010. The first kappa shape index (κ1) is 23.3. The largest absolute Gasteiger partial charge is 0.497 e. The van der Waals surface area contributed by atoms with E-state index in [2.05, 4.69) is 21.1 Å². The van der Waals surface area contributed by atoms with Crippen molar-refractivity contribution in [3.05, 3.63) is 59.8 Å². The highest BCUT2D eigenvalue weighted by Gasteiger charge is 2.22. The molecule has 0 saturated carbocycles. The lowest BCUT2D eigenvalue weighted by molar-refractivity contribution is -0.132. The summed E-state index contributed by atoms with van der Waals surface area (Å²) in [4.78, 5) is 24.1. The molecule has 1 aliphatic heterocycles. The number of carbonyl (C=O) groups excluding carboxylic acids is 1. The van der Waals surface area contributed by atoms with Gasteiger partial charge in [0.05, 0.1) is 19.9 Å². The Morgan fingerprint density at radius 1 is 1.21 bits per heavy atom. The Labute approximate surface area is 198 Å². The second-order valence-electron chi connectivity index (χ2n) is 8.09. The molecule has 0 radical (unpaired) electrons. The second kappa shape index (κ2) is 11.3. The van der Waals surface area contributed by atoms with Gasteiger partial charge in [0.15, 0.2) is 0 Å². The number of furan rings is 1. The highest BCUT2D eigenvalue weighted by molar-refractivity contribution is 7.09. The highest BCUT2D eigenvalue weighted by atomic mass is 32.1. The first-order valence-corrected chi connectivity index (χ1v) is 12.1. The zero-order valence-corrected chi connectivity index (χ0v) is 20.1. The molecule has 1 aliphatic rings. The maximum absolute atomic E-state index is 12.9. The van der Waals surface area contributed by atoms with E-state index >= 15 is 0 Å². The van der Waals surface area contributed by atoms with E-state index in [4.69, 9.17) is 14.1 Å². The molecule has 2 aromatic heterocycles. The van der Waals surface area contributed by atoms with Gasteiger partial charge in [-0.05, 0) is 36.4 Å². The quantitative estimate of drug-likeness (QED) is 0.451. The number of carbonyl (C=O) groups is 1. The monoisotopic (exact) mass is 469 g/mol. The van der Waals surface area contributed by atoms with Crippen molar-refractivity contribution in [3.63, 3.8) is 0 Å². The van der Waals surface area contributed by atoms with Gasteiger partial charge in [0.1, 0.15) is 17.3 Å². The average molecular weight is 470 g/mol. The number of anilines is 1. The summed E-state index contributed by atoms with van der Waals surface area (Å²) >= 11 is 1.36. The molecule has 1 amide bonds. The molecule has 1 saturated heterocycles. The third kappa shape index (κ3) is 6.33. The number of hydrogen-bond donors (Lipinski definition) is 0. The summed E-state index contributed by atoms with van der Waals surface area (Å²) in [5.74, 6) is 2.61. The number of piperazine rings is 1. The van der Waals surface area contributed by atoms with Crippen molar-refractivity contribution in [1.29, 1.82) is 0 Å². The predicted octanol–water partition coefficient (Wildman–Crippen LogP) is 3.29. The van der Waals surface area contributed by atoms with Crippen LogP contribution in [0, 0.1) is 0 Å². The third-order valence-electron chi connectivity index (χ3n) is 5.92. The van der Waals surface area contributed by atoms with Crippen molar-refractivity contribution in [1.82, 2.24) is 19.2 Å². The lowest BCUT2D eigenvalue weighted by atomic mass is 10.1. The van der Waals surface area contributed by atoms with Crippen molar-refractivity contribution in [2.75, 3.05) is 51.3 Å². The average Bonchev–Trinajstić information content (AvgIpc) is 3.54. The minimum atomic E-state index is 0.191. The fourth-order valence-electron chi connectivity index (χ4n) is 3.95. The molecule has 1 fully saturated rings. The van der Waals surface area contributed by atoms with Crippen molar-refractivity contribution in [3.8, 4) is 5.75 Å². The molecular formula is C24H31N5O3S. The standard InChI is InChI=1S/C24H31N5O3S/c1-3-27-11-13-28(14-12-27)23(30)9-10-29(18-21-8-5-15-32-21)24-25-22(26-33-24)17-19-6-4-7-20(16-19)31-2/h4-8,15-16H,3,9-14,17-18H2,1-2H3. The number of methoxy groups -OCH3 is 1. The lowest BCUT2D eigenvalue weighted by Crippen LogP contribution is -2.49. The number of ether oxygens (including phenoxy) is 1. The lowest BCUT2D eigenvalue weighted by Gasteiger charge is -2.34. The van der Waals surface area contributed by atoms with Crippen molar-refractivity contribution < 1.29 is 13.9 Å². The molecule has 3 aromatic rings. The molecule has 0 atom stereocenters. The van der Waals surface area contributed by atoms with Gasteiger partial charge >= 0.3 is 0 Å². The van der Waals surface area contributed by atoms with E-state index in [1.807, 2.05) is 41.3 Å². The molecule has 0 spiro atoms. The summed E-state index contributed by atoms with van der Waals surface area (Å²) in [6.07, 6.45) is 2.74. The van der Waals surface area contributed by atoms with E-state index < -0.39 is 0 Å². The Balaban J connectivity index is 1.41. The molecule has 33 heavy (non-hydrogen) atoms. The Hall–Kier alpha value is -2.91. The number of hydrogen-bond acceptors (Lipinski definition) is 8. The zero-order valence-electron chi connectivity index (χ0n) is 19.3. The van der Waals surface area contributed by atoms with E-state index in [0.717, 1.165) is 60.8 Å². The van der Waals surface area contributed by atoms with Gasteiger partial charge in [0.25, 0.3) is 0 Å². The van der Waals surface area contributed by atoms with E-state index in [0.29, 0.717) is 25.9 Å². The van der Waals surface area contributed by atoms with Gasteiger partial charge in [0.2, 0.25) is 11.0 Å². The smallest absolute Gasteiger partial charge is 0.224 e. The normalized spacial score (nSPS) is 14.4. The maximum Gasteiger partial charge on any atom is 0.224 e. The number of amides is 1. The van der Waals surface area contributed by atoms with Crippen LogP contribution in [0.3, 0.4) is 0 Å². The van der Waals surface area contributed by atoms with Gasteiger partial charge in [-0.3, -0.25) is 4.79 Å². The molecule has 9 heteroatoms. The summed E-state index contributed by atoms with van der Waals surface area (Å²) in [6, 6.07) is 11.8. The first-order valence-electron chi connectivity index (χ1n) is 11.4. The molecule has 0 aliphatic carbocycles. The highest BCUT2D eigenvalue weighted by Crippen LogP contribution is 2.23. The van der Waals surface area contributed by atoms with Gasteiger partial charge in [-0.25, -0.2) is 4.98 Å². The third-order valence-corrected chi connectivity index (χ3v) is 6.73. The number of benzene rings is 1. The summed E-state index contributed by atoms with van der Waals surface area (Å²) in [6.45, 7) is 7.81. The molecule has 3 heterocycles. The van der Waals surface area contributed by atoms with E-state index in [1.165, 1.54) is 11.5 Å². The Morgan fingerprint density at radius 2 is 2.06 bits per heavy atom. The van der Waals surface area contributed by atoms with Crippen LogP contribution in [0.2, 0.25) is 0 Å². The fraction of sp³-hybridized carbons (Fsp3) is 0.458. The SMILES string of the molecule is CCN1CCN(C(=O)CCN(Cc2ccco2)c2nc(Cc3cccc(OC)c3)ns2)CC1. The van der Waals surface area contributed by atoms with Crippen LogP contribution in [-0.4, -0.2) is 71.4 Å². The van der Waals surface area contributed by atoms with Gasteiger partial charge in [-0.1, -0.05) is 19.1 Å². The molecule has 1 aromatic carbocycles. The van der Waals surface area contributed by atoms with Gasteiger partial charge in [-0.15, -0.1) is 0 Å². The zero-order chi connectivity index (χ0) is 23.0. The number of nitrogens with zero attached hydrogens (tertiary/aromatic N) is 5. The fourth-order valence-corrected chi connectivity index (χ4v) is 4.66. The first-order chi connectivity index (χ1) is 16.1. The van der Waals surface area contributed by atoms with Crippen molar-refractivity contribution in [2.24, 2.45) is 0 Å². The minimum Gasteiger partial charge on any atom is -0.497 e. The van der Waals surface area contributed by atoms with Crippen LogP contribution in [0.4, 0.5) is 5.13 Å². The van der Waals surface area contributed by atoms with Crippen LogP contribution >= 0.6 is 11.5 Å². The van der Waals surface area contributed by atoms with E-state index in [-0.39, 0.29) is 5.91 Å². The molecule has 0 N–H and O–H groups in total. The molecule has 4 rings (SSSR count). The number of aromatic nitrogens is 2. The van der Waals surface area contributed by atoms with Gasteiger partial charge in [-0.2, -0.15) is 4.37 Å². The summed E-state index contributed by atoms with van der Waals surface area (Å²) in [7, 11) is 1.66. The van der Waals surface area contributed by atoms with E-state index in [1.54, 1.807) is 13.4 Å². The predicted molar refractivity (Wildman–Crippen MR) is 129 cm³/mol. The minimum absolute atomic E-state index is 0.191. The molecule has 0 bridgehead atoms. The topological polar surface area (TPSA) is 74.9 Å². The second-order valence-corrected chi connectivity index (χ2v) is 8.82. The van der Waals surface area contributed by atoms with Crippen LogP contribution in [0.1, 0.15) is 30.5 Å². The van der Waals surface area contributed by atoms with Crippen LogP contribution in [0.5, 0.6) is 5.75 Å². The summed E-state index contributed by atoms with van der Waals surface area (Å²) < 4.78 is 15.4. The van der Waals surface area contributed by atoms with Gasteiger partial charge in [0, 0.05) is 57.1 Å². The Kier molecular flexibility index (Phi) is 7.96. The van der Waals surface area contributed by atoms with Crippen LogP contribution in [0.25, 0.3) is 0 Å². The molecule has 0 unspecified atom stereocenters.